The summed E-state index contributed by atoms with van der Waals surface area (Å²) in [4.78, 5) is 13.4. The van der Waals surface area contributed by atoms with Crippen LogP contribution in [0.25, 0.3) is 5.69 Å². The predicted octanol–water partition coefficient (Wildman–Crippen LogP) is 4.35. The first-order valence-corrected chi connectivity index (χ1v) is 12.0. The second-order valence-electron chi connectivity index (χ2n) is 7.69. The van der Waals surface area contributed by atoms with Gasteiger partial charge in [-0.25, -0.2) is 0 Å². The number of aromatic nitrogens is 3. The summed E-state index contributed by atoms with van der Waals surface area (Å²) in [7, 11) is 1.63. The van der Waals surface area contributed by atoms with Gasteiger partial charge in [0.2, 0.25) is 5.91 Å². The number of phenolic OH excluding ortho intramolecular Hbond substituents is 1. The van der Waals surface area contributed by atoms with Crippen molar-refractivity contribution >= 4 is 17.7 Å². The fourth-order valence-corrected chi connectivity index (χ4v) is 4.26. The number of amides is 1. The van der Waals surface area contributed by atoms with Gasteiger partial charge in [-0.15, -0.1) is 10.2 Å². The molecule has 1 atom stereocenters. The Hall–Kier alpha value is -3.78. The van der Waals surface area contributed by atoms with Crippen LogP contribution in [0.4, 0.5) is 0 Å². The highest BCUT2D eigenvalue weighted by atomic mass is 32.2. The Labute approximate surface area is 202 Å². The second kappa shape index (κ2) is 10.9. The summed E-state index contributed by atoms with van der Waals surface area (Å²) < 4.78 is 7.19. The minimum Gasteiger partial charge on any atom is -0.508 e. The summed E-state index contributed by atoms with van der Waals surface area (Å²) in [6.07, 6.45) is 2.45. The van der Waals surface area contributed by atoms with Crippen LogP contribution < -0.4 is 10.1 Å². The molecule has 1 amide bonds. The van der Waals surface area contributed by atoms with Crippen LogP contribution in [0.1, 0.15) is 22.9 Å². The lowest BCUT2D eigenvalue weighted by atomic mass is 9.91. The summed E-state index contributed by atoms with van der Waals surface area (Å²) in [6, 6.07) is 24.3. The molecule has 0 aliphatic heterocycles. The maximum absolute atomic E-state index is 13.4. The summed E-state index contributed by atoms with van der Waals surface area (Å²) in [5.41, 5.74) is 2.78. The van der Waals surface area contributed by atoms with Gasteiger partial charge >= 0.3 is 0 Å². The zero-order valence-corrected chi connectivity index (χ0v) is 19.8. The van der Waals surface area contributed by atoms with Crippen molar-refractivity contribution in [3.63, 3.8) is 0 Å². The molecule has 4 aromatic rings. The number of methoxy groups -OCH3 is 1. The van der Waals surface area contributed by atoms with E-state index in [1.807, 2.05) is 77.6 Å². The minimum atomic E-state index is -0.386. The Bertz CT molecular complexity index is 1230. The van der Waals surface area contributed by atoms with Gasteiger partial charge in [0.25, 0.3) is 0 Å². The van der Waals surface area contributed by atoms with Crippen LogP contribution in [-0.4, -0.2) is 39.1 Å². The van der Waals surface area contributed by atoms with Gasteiger partial charge in [-0.05, 0) is 60.2 Å². The zero-order chi connectivity index (χ0) is 23.9. The third kappa shape index (κ3) is 5.40. The van der Waals surface area contributed by atoms with E-state index in [1.54, 1.807) is 19.2 Å². The molecule has 0 aliphatic carbocycles. The highest BCUT2D eigenvalue weighted by Crippen LogP contribution is 2.24. The number of carbonyl (C=O) groups excluding carboxylic acids is 1. The summed E-state index contributed by atoms with van der Waals surface area (Å²) >= 11 is 1.49. The molecule has 0 saturated carbocycles. The molecule has 34 heavy (non-hydrogen) atoms. The lowest BCUT2D eigenvalue weighted by Crippen LogP contribution is -2.31. The SMILES string of the molecule is COc1ccc(-n2c(CNC(=O)[C@@H](Cc3ccc(O)cc3)c3ccccc3)nnc2SC)cc1. The second-order valence-corrected chi connectivity index (χ2v) is 8.46. The van der Waals surface area contributed by atoms with Crippen molar-refractivity contribution in [2.75, 3.05) is 13.4 Å². The maximum Gasteiger partial charge on any atom is 0.228 e. The third-order valence-corrected chi connectivity index (χ3v) is 6.16. The molecule has 0 saturated heterocycles. The number of nitrogens with one attached hydrogen (secondary N) is 1. The summed E-state index contributed by atoms with van der Waals surface area (Å²) in [6.45, 7) is 0.233. The van der Waals surface area contributed by atoms with E-state index in [4.69, 9.17) is 4.74 Å². The number of phenols is 1. The van der Waals surface area contributed by atoms with Crippen molar-refractivity contribution in [2.45, 2.75) is 24.0 Å². The van der Waals surface area contributed by atoms with E-state index in [0.29, 0.717) is 12.2 Å². The van der Waals surface area contributed by atoms with Crippen LogP contribution in [0, 0.1) is 0 Å². The highest BCUT2D eigenvalue weighted by Gasteiger charge is 2.22. The van der Waals surface area contributed by atoms with Gasteiger partial charge in [-0.1, -0.05) is 54.2 Å². The van der Waals surface area contributed by atoms with E-state index in [9.17, 15) is 9.90 Å². The first-order chi connectivity index (χ1) is 16.6. The average molecular weight is 475 g/mol. The zero-order valence-electron chi connectivity index (χ0n) is 19.0. The van der Waals surface area contributed by atoms with E-state index < -0.39 is 0 Å². The molecule has 1 heterocycles. The first kappa shape index (κ1) is 23.4. The van der Waals surface area contributed by atoms with Gasteiger partial charge in [-0.3, -0.25) is 9.36 Å². The molecule has 0 spiro atoms. The molecule has 8 heteroatoms. The van der Waals surface area contributed by atoms with Crippen LogP contribution in [0.5, 0.6) is 11.5 Å². The van der Waals surface area contributed by atoms with Gasteiger partial charge in [0.05, 0.1) is 19.6 Å². The fraction of sp³-hybridized carbons (Fsp3) is 0.192. The highest BCUT2D eigenvalue weighted by molar-refractivity contribution is 7.98. The number of nitrogens with zero attached hydrogens (tertiary/aromatic N) is 3. The number of thioether (sulfide) groups is 1. The molecule has 0 unspecified atom stereocenters. The van der Waals surface area contributed by atoms with Crippen molar-refractivity contribution in [1.82, 2.24) is 20.1 Å². The molecule has 0 fully saturated rings. The molecule has 7 nitrogen and oxygen atoms in total. The molecule has 0 aliphatic rings. The first-order valence-electron chi connectivity index (χ1n) is 10.8. The smallest absolute Gasteiger partial charge is 0.228 e. The summed E-state index contributed by atoms with van der Waals surface area (Å²) in [5, 5.41) is 22.0. The molecule has 3 aromatic carbocycles. The van der Waals surface area contributed by atoms with Crippen LogP contribution in [0.3, 0.4) is 0 Å². The van der Waals surface area contributed by atoms with Gasteiger partial charge in [0.15, 0.2) is 11.0 Å². The Kier molecular flexibility index (Phi) is 7.49. The largest absolute Gasteiger partial charge is 0.508 e. The number of rotatable bonds is 9. The molecule has 1 aromatic heterocycles. The van der Waals surface area contributed by atoms with Crippen LogP contribution in [-0.2, 0) is 17.8 Å². The van der Waals surface area contributed by atoms with E-state index >= 15 is 0 Å². The van der Waals surface area contributed by atoms with E-state index in [1.165, 1.54) is 11.8 Å². The maximum atomic E-state index is 13.4. The Balaban J connectivity index is 1.55. The van der Waals surface area contributed by atoms with Crippen molar-refractivity contribution in [3.05, 3.63) is 95.8 Å². The van der Waals surface area contributed by atoms with Crippen molar-refractivity contribution in [1.29, 1.82) is 0 Å². The molecule has 4 rings (SSSR count). The topological polar surface area (TPSA) is 89.3 Å². The fourth-order valence-electron chi connectivity index (χ4n) is 3.74. The van der Waals surface area contributed by atoms with Crippen LogP contribution in [0.2, 0.25) is 0 Å². The minimum absolute atomic E-state index is 0.103. The molecule has 0 radical (unpaired) electrons. The molecule has 2 N–H and O–H groups in total. The number of aromatic hydroxyl groups is 1. The Morgan fingerprint density at radius 1 is 1.03 bits per heavy atom. The number of ether oxygens (including phenoxy) is 1. The van der Waals surface area contributed by atoms with Gasteiger partial charge < -0.3 is 15.2 Å². The predicted molar refractivity (Wildman–Crippen MR) is 133 cm³/mol. The Morgan fingerprint density at radius 3 is 2.38 bits per heavy atom. The Morgan fingerprint density at radius 2 is 1.74 bits per heavy atom. The normalized spacial score (nSPS) is 11.7. The number of hydrogen-bond acceptors (Lipinski definition) is 6. The number of hydrogen-bond donors (Lipinski definition) is 2. The summed E-state index contributed by atoms with van der Waals surface area (Å²) in [5.74, 6) is 1.11. The molecule has 174 valence electrons. The number of carbonyl (C=O) groups is 1. The lowest BCUT2D eigenvalue weighted by molar-refractivity contribution is -0.122. The van der Waals surface area contributed by atoms with Gasteiger partial charge in [0, 0.05) is 5.69 Å². The monoisotopic (exact) mass is 474 g/mol. The van der Waals surface area contributed by atoms with E-state index in [2.05, 4.69) is 15.5 Å². The van der Waals surface area contributed by atoms with E-state index in [-0.39, 0.29) is 24.1 Å². The molecular formula is C26H26N4O3S. The van der Waals surface area contributed by atoms with E-state index in [0.717, 1.165) is 27.7 Å². The average Bonchev–Trinajstić information content (AvgIpc) is 3.30. The molecule has 0 bridgehead atoms. The molecular weight excluding hydrogens is 448 g/mol. The standard InChI is InChI=1S/C26H26N4O3S/c1-33-22-14-10-20(11-15-22)30-24(28-29-26(30)34-2)17-27-25(32)23(19-6-4-3-5-7-19)16-18-8-12-21(31)13-9-18/h3-15,23,31H,16-17H2,1-2H3,(H,27,32)/t23-/m0/s1. The number of benzene rings is 3. The van der Waals surface area contributed by atoms with Crippen LogP contribution >= 0.6 is 11.8 Å². The van der Waals surface area contributed by atoms with Crippen LogP contribution in [0.15, 0.2) is 84.0 Å². The van der Waals surface area contributed by atoms with Gasteiger partial charge in [-0.2, -0.15) is 0 Å². The van der Waals surface area contributed by atoms with Crippen molar-refractivity contribution in [2.24, 2.45) is 0 Å². The van der Waals surface area contributed by atoms with Crippen molar-refractivity contribution in [3.8, 4) is 17.2 Å². The quantitative estimate of drug-likeness (QED) is 0.351. The lowest BCUT2D eigenvalue weighted by Gasteiger charge is -2.18. The van der Waals surface area contributed by atoms with Crippen molar-refractivity contribution < 1.29 is 14.6 Å². The van der Waals surface area contributed by atoms with Gasteiger partial charge in [0.1, 0.15) is 11.5 Å². The third-order valence-electron chi connectivity index (χ3n) is 5.53.